The molecule has 0 amide bonds. The van der Waals surface area contributed by atoms with Crippen molar-refractivity contribution in [2.75, 3.05) is 0 Å². The molecule has 37 heavy (non-hydrogen) atoms. The SMILES string of the molecule is O=[N+]([O-])c1ccc(C=Cc2cc[n+](CCC[n+]3ccc(C=Cc4ccc([N+](=O)[O-])cc4)cc3)cc2)cc1. The lowest BCUT2D eigenvalue weighted by molar-refractivity contribution is -0.726. The third-order valence-electron chi connectivity index (χ3n) is 5.81. The molecule has 8 nitrogen and oxygen atoms in total. The van der Waals surface area contributed by atoms with E-state index in [1.807, 2.05) is 73.4 Å². The van der Waals surface area contributed by atoms with E-state index in [0.717, 1.165) is 41.8 Å². The van der Waals surface area contributed by atoms with Crippen molar-refractivity contribution in [1.29, 1.82) is 0 Å². The highest BCUT2D eigenvalue weighted by molar-refractivity contribution is 5.70. The predicted octanol–water partition coefficient (Wildman–Crippen LogP) is 5.51. The van der Waals surface area contributed by atoms with E-state index in [4.69, 9.17) is 0 Å². The normalized spacial score (nSPS) is 11.2. The van der Waals surface area contributed by atoms with Gasteiger partial charge in [-0.25, -0.2) is 9.13 Å². The number of aryl methyl sites for hydroxylation is 2. The summed E-state index contributed by atoms with van der Waals surface area (Å²) in [4.78, 5) is 20.7. The van der Waals surface area contributed by atoms with Gasteiger partial charge < -0.3 is 0 Å². The average Bonchev–Trinajstić information content (AvgIpc) is 2.92. The predicted molar refractivity (Wildman–Crippen MR) is 142 cm³/mol. The zero-order valence-corrected chi connectivity index (χ0v) is 20.1. The Balaban J connectivity index is 1.23. The van der Waals surface area contributed by atoms with Crippen molar-refractivity contribution >= 4 is 35.7 Å². The molecule has 0 bridgehead atoms. The number of aromatic nitrogens is 2. The lowest BCUT2D eigenvalue weighted by Crippen LogP contribution is -2.38. The zero-order valence-electron chi connectivity index (χ0n) is 20.1. The number of nitrogens with zero attached hydrogens (tertiary/aromatic N) is 4. The smallest absolute Gasteiger partial charge is 0.258 e. The number of hydrogen-bond acceptors (Lipinski definition) is 4. The van der Waals surface area contributed by atoms with E-state index >= 15 is 0 Å². The summed E-state index contributed by atoms with van der Waals surface area (Å²) in [5.41, 5.74) is 4.11. The highest BCUT2D eigenvalue weighted by atomic mass is 16.6. The van der Waals surface area contributed by atoms with Crippen LogP contribution in [0.2, 0.25) is 0 Å². The number of rotatable bonds is 10. The number of benzene rings is 2. The molecule has 0 unspecified atom stereocenters. The summed E-state index contributed by atoms with van der Waals surface area (Å²) >= 11 is 0. The molecule has 2 aromatic heterocycles. The molecule has 0 atom stereocenters. The van der Waals surface area contributed by atoms with Gasteiger partial charge in [0.2, 0.25) is 0 Å². The van der Waals surface area contributed by atoms with Gasteiger partial charge in [0.05, 0.1) is 16.3 Å². The Hall–Kier alpha value is -4.98. The zero-order chi connectivity index (χ0) is 26.0. The number of nitro benzene ring substituents is 2. The Labute approximate surface area is 214 Å². The molecule has 4 aromatic rings. The van der Waals surface area contributed by atoms with Gasteiger partial charge in [0.25, 0.3) is 11.4 Å². The van der Waals surface area contributed by atoms with Crippen LogP contribution in [-0.4, -0.2) is 9.85 Å². The van der Waals surface area contributed by atoms with E-state index in [9.17, 15) is 20.2 Å². The van der Waals surface area contributed by atoms with E-state index in [0.29, 0.717) is 0 Å². The van der Waals surface area contributed by atoms with Crippen LogP contribution < -0.4 is 9.13 Å². The molecule has 8 heteroatoms. The Morgan fingerprint density at radius 3 is 1.11 bits per heavy atom. The first-order chi connectivity index (χ1) is 18.0. The summed E-state index contributed by atoms with van der Waals surface area (Å²) in [7, 11) is 0. The van der Waals surface area contributed by atoms with E-state index in [1.54, 1.807) is 24.3 Å². The number of pyridine rings is 2. The molecule has 4 rings (SSSR count). The lowest BCUT2D eigenvalue weighted by atomic mass is 10.1. The molecule has 0 saturated heterocycles. The van der Waals surface area contributed by atoms with Gasteiger partial charge in [0.1, 0.15) is 0 Å². The molecule has 0 fully saturated rings. The molecule has 0 aliphatic carbocycles. The topological polar surface area (TPSA) is 94.0 Å². The third-order valence-corrected chi connectivity index (χ3v) is 5.81. The van der Waals surface area contributed by atoms with Crippen molar-refractivity contribution in [3.8, 4) is 0 Å². The fourth-order valence-corrected chi connectivity index (χ4v) is 3.69. The Kier molecular flexibility index (Phi) is 8.23. The second-order valence-corrected chi connectivity index (χ2v) is 8.46. The Morgan fingerprint density at radius 2 is 0.811 bits per heavy atom. The highest BCUT2D eigenvalue weighted by Crippen LogP contribution is 2.15. The van der Waals surface area contributed by atoms with E-state index in [-0.39, 0.29) is 11.4 Å². The summed E-state index contributed by atoms with van der Waals surface area (Å²) in [6.45, 7) is 1.78. The second-order valence-electron chi connectivity index (χ2n) is 8.46. The summed E-state index contributed by atoms with van der Waals surface area (Å²) in [6, 6.07) is 21.1. The van der Waals surface area contributed by atoms with E-state index < -0.39 is 9.85 Å². The molecular formula is C29H26N4O4+2. The van der Waals surface area contributed by atoms with Gasteiger partial charge in [0.15, 0.2) is 37.9 Å². The van der Waals surface area contributed by atoms with Gasteiger partial charge in [0, 0.05) is 48.5 Å². The average molecular weight is 495 g/mol. The Morgan fingerprint density at radius 1 is 0.514 bits per heavy atom. The first kappa shape index (κ1) is 25.1. The minimum absolute atomic E-state index is 0.0866. The monoisotopic (exact) mass is 494 g/mol. The first-order valence-electron chi connectivity index (χ1n) is 11.8. The molecule has 0 radical (unpaired) electrons. The third kappa shape index (κ3) is 7.50. The van der Waals surface area contributed by atoms with Crippen LogP contribution >= 0.6 is 0 Å². The molecule has 0 saturated carbocycles. The maximum atomic E-state index is 10.8. The molecule has 2 aromatic carbocycles. The van der Waals surface area contributed by atoms with Crippen LogP contribution in [0.4, 0.5) is 11.4 Å². The van der Waals surface area contributed by atoms with Crippen molar-refractivity contribution < 1.29 is 19.0 Å². The Bertz CT molecular complexity index is 1300. The van der Waals surface area contributed by atoms with Crippen LogP contribution in [-0.2, 0) is 13.1 Å². The molecule has 0 N–H and O–H groups in total. The fourth-order valence-electron chi connectivity index (χ4n) is 3.69. The quantitative estimate of drug-likeness (QED) is 0.165. The maximum absolute atomic E-state index is 10.8. The summed E-state index contributed by atoms with van der Waals surface area (Å²) < 4.78 is 4.29. The summed E-state index contributed by atoms with van der Waals surface area (Å²) in [5, 5.41) is 21.5. The molecule has 0 spiro atoms. The fraction of sp³-hybridized carbons (Fsp3) is 0.103. The second kappa shape index (κ2) is 12.1. The van der Waals surface area contributed by atoms with Crippen molar-refractivity contribution in [3.63, 3.8) is 0 Å². The summed E-state index contributed by atoms with van der Waals surface area (Å²) in [5.74, 6) is 0. The molecule has 184 valence electrons. The van der Waals surface area contributed by atoms with Crippen molar-refractivity contribution in [1.82, 2.24) is 0 Å². The van der Waals surface area contributed by atoms with Crippen LogP contribution in [0.25, 0.3) is 24.3 Å². The highest BCUT2D eigenvalue weighted by Gasteiger charge is 2.06. The number of non-ortho nitro benzene ring substituents is 2. The van der Waals surface area contributed by atoms with Gasteiger partial charge in [-0.15, -0.1) is 0 Å². The molecule has 0 aliphatic heterocycles. The number of hydrogen-bond donors (Lipinski definition) is 0. The van der Waals surface area contributed by atoms with Crippen LogP contribution in [0.3, 0.4) is 0 Å². The van der Waals surface area contributed by atoms with Crippen LogP contribution in [0.15, 0.2) is 97.6 Å². The minimum Gasteiger partial charge on any atom is -0.258 e. The van der Waals surface area contributed by atoms with Crippen LogP contribution in [0.1, 0.15) is 28.7 Å². The lowest BCUT2D eigenvalue weighted by Gasteiger charge is -1.99. The summed E-state index contributed by atoms with van der Waals surface area (Å²) in [6.07, 6.45) is 17.0. The first-order valence-corrected chi connectivity index (χ1v) is 11.8. The largest absolute Gasteiger partial charge is 0.269 e. The van der Waals surface area contributed by atoms with Gasteiger partial charge in [-0.2, -0.15) is 0 Å². The molecule has 0 aliphatic rings. The van der Waals surface area contributed by atoms with Crippen LogP contribution in [0.5, 0.6) is 0 Å². The maximum Gasteiger partial charge on any atom is 0.269 e. The standard InChI is InChI=1S/C29H26N4O4/c34-32(35)28-10-6-24(7-11-28)2-4-26-14-20-30(21-15-26)18-1-19-31-22-16-27(17-23-31)5-3-25-8-12-29(13-9-25)33(36)37/h2-17,20-23H,1,18-19H2/q+2. The van der Waals surface area contributed by atoms with Crippen molar-refractivity contribution in [2.24, 2.45) is 0 Å². The van der Waals surface area contributed by atoms with Gasteiger partial charge >= 0.3 is 0 Å². The van der Waals surface area contributed by atoms with Gasteiger partial charge in [-0.05, 0) is 46.5 Å². The van der Waals surface area contributed by atoms with Gasteiger partial charge in [-0.1, -0.05) is 24.3 Å². The number of nitro groups is 2. The molecular weight excluding hydrogens is 468 g/mol. The van der Waals surface area contributed by atoms with Gasteiger partial charge in [-0.3, -0.25) is 20.2 Å². The van der Waals surface area contributed by atoms with Crippen molar-refractivity contribution in [3.05, 3.63) is 140 Å². The van der Waals surface area contributed by atoms with E-state index in [1.165, 1.54) is 24.3 Å². The van der Waals surface area contributed by atoms with Crippen molar-refractivity contribution in [2.45, 2.75) is 19.5 Å². The van der Waals surface area contributed by atoms with Crippen LogP contribution in [0, 0.1) is 20.2 Å². The van der Waals surface area contributed by atoms with E-state index in [2.05, 4.69) is 9.13 Å². The minimum atomic E-state index is -0.402. The molecule has 2 heterocycles.